The molecule has 0 bridgehead atoms. The molecule has 2 unspecified atom stereocenters. The number of hydrogen-bond donors (Lipinski definition) is 0. The zero-order valence-corrected chi connectivity index (χ0v) is 17.6. The minimum atomic E-state index is -0.319. The van der Waals surface area contributed by atoms with Crippen molar-refractivity contribution in [2.24, 2.45) is 5.41 Å². The van der Waals surface area contributed by atoms with Crippen LogP contribution in [0.1, 0.15) is 39.2 Å². The fraction of sp³-hybridized carbons (Fsp3) is 0.682. The molecule has 150 valence electrons. The molecular formula is C22H35N3O2. The lowest BCUT2D eigenvalue weighted by molar-refractivity contribution is -0.140. The number of benzene rings is 1. The van der Waals surface area contributed by atoms with Crippen molar-refractivity contribution in [1.82, 2.24) is 14.7 Å². The smallest absolute Gasteiger partial charge is 0.228 e. The largest absolute Gasteiger partial charge is 0.492 e. The van der Waals surface area contributed by atoms with Gasteiger partial charge in [0.15, 0.2) is 0 Å². The van der Waals surface area contributed by atoms with E-state index in [0.717, 1.165) is 44.8 Å². The molecule has 1 aromatic carbocycles. The summed E-state index contributed by atoms with van der Waals surface area (Å²) >= 11 is 0. The molecule has 0 saturated carbocycles. The number of likely N-dealkylation sites (tertiary alicyclic amines) is 1. The van der Waals surface area contributed by atoms with Gasteiger partial charge in [-0.2, -0.15) is 0 Å². The van der Waals surface area contributed by atoms with E-state index in [1.54, 1.807) is 0 Å². The maximum absolute atomic E-state index is 12.9. The van der Waals surface area contributed by atoms with Crippen LogP contribution in [0.2, 0.25) is 0 Å². The molecule has 5 nitrogen and oxygen atoms in total. The van der Waals surface area contributed by atoms with Gasteiger partial charge >= 0.3 is 0 Å². The third kappa shape index (κ3) is 4.82. The quantitative estimate of drug-likeness (QED) is 0.813. The van der Waals surface area contributed by atoms with Gasteiger partial charge in [0.05, 0.1) is 6.04 Å². The average molecular weight is 374 g/mol. The summed E-state index contributed by atoms with van der Waals surface area (Å²) in [5.41, 5.74) is 0.922. The van der Waals surface area contributed by atoms with Gasteiger partial charge in [0, 0.05) is 43.2 Å². The van der Waals surface area contributed by atoms with Gasteiger partial charge in [-0.25, -0.2) is 0 Å². The first-order valence-corrected chi connectivity index (χ1v) is 10.2. The zero-order valence-electron chi connectivity index (χ0n) is 17.6. The number of fused-ring (bicyclic) bond motifs is 1. The van der Waals surface area contributed by atoms with E-state index in [9.17, 15) is 4.79 Å². The lowest BCUT2D eigenvalue weighted by Gasteiger charge is -2.37. The number of ether oxygens (including phenoxy) is 1. The molecule has 0 N–H and O–H groups in total. The summed E-state index contributed by atoms with van der Waals surface area (Å²) in [5.74, 6) is 1.28. The molecule has 0 aromatic heterocycles. The first-order chi connectivity index (χ1) is 12.8. The molecule has 2 atom stereocenters. The molecule has 0 spiro atoms. The highest BCUT2D eigenvalue weighted by atomic mass is 16.5. The molecule has 2 aliphatic rings. The Bertz CT molecular complexity index is 653. The van der Waals surface area contributed by atoms with Gasteiger partial charge in [-0.1, -0.05) is 39.0 Å². The van der Waals surface area contributed by atoms with Crippen molar-refractivity contribution in [2.45, 2.75) is 52.2 Å². The number of likely N-dealkylation sites (N-methyl/N-ethyl adjacent to an activating group) is 1. The molecular weight excluding hydrogens is 338 g/mol. The summed E-state index contributed by atoms with van der Waals surface area (Å²) < 4.78 is 6.14. The van der Waals surface area contributed by atoms with Gasteiger partial charge in [-0.3, -0.25) is 9.69 Å². The Labute approximate surface area is 164 Å². The van der Waals surface area contributed by atoms with Crippen LogP contribution in [0, 0.1) is 5.41 Å². The van der Waals surface area contributed by atoms with Crippen LogP contribution in [-0.4, -0.2) is 73.0 Å². The first kappa shape index (κ1) is 20.2. The van der Waals surface area contributed by atoms with E-state index in [-0.39, 0.29) is 11.3 Å². The fourth-order valence-corrected chi connectivity index (χ4v) is 4.21. The monoisotopic (exact) mass is 373 g/mol. The SMILES string of the molecule is CN(C)CC1COc2ccccc2CN1CC1CCCN1C(=O)C(C)(C)C. The Kier molecular flexibility index (Phi) is 6.11. The zero-order chi connectivity index (χ0) is 19.6. The molecule has 2 heterocycles. The van der Waals surface area contributed by atoms with E-state index in [2.05, 4.69) is 47.0 Å². The van der Waals surface area contributed by atoms with Gasteiger partial charge < -0.3 is 14.5 Å². The third-order valence-corrected chi connectivity index (χ3v) is 5.59. The molecule has 27 heavy (non-hydrogen) atoms. The number of nitrogens with zero attached hydrogens (tertiary/aromatic N) is 3. The maximum atomic E-state index is 12.9. The van der Waals surface area contributed by atoms with Crippen molar-refractivity contribution < 1.29 is 9.53 Å². The van der Waals surface area contributed by atoms with Gasteiger partial charge in [-0.05, 0) is 33.0 Å². The highest BCUT2D eigenvalue weighted by Gasteiger charge is 2.37. The van der Waals surface area contributed by atoms with Crippen LogP contribution in [0.15, 0.2) is 24.3 Å². The summed E-state index contributed by atoms with van der Waals surface area (Å²) in [6.45, 7) is 10.4. The molecule has 1 amide bonds. The number of para-hydroxylation sites is 1. The van der Waals surface area contributed by atoms with Crippen molar-refractivity contribution in [2.75, 3.05) is 40.3 Å². The lowest BCUT2D eigenvalue weighted by atomic mass is 9.94. The van der Waals surface area contributed by atoms with E-state index in [1.807, 2.05) is 26.8 Å². The van der Waals surface area contributed by atoms with Gasteiger partial charge in [0.2, 0.25) is 5.91 Å². The number of amides is 1. The van der Waals surface area contributed by atoms with Gasteiger partial charge in [0.25, 0.3) is 0 Å². The Balaban J connectivity index is 1.79. The maximum Gasteiger partial charge on any atom is 0.228 e. The summed E-state index contributed by atoms with van der Waals surface area (Å²) in [5, 5.41) is 0. The van der Waals surface area contributed by atoms with Crippen molar-refractivity contribution in [3.8, 4) is 5.75 Å². The Morgan fingerprint density at radius 3 is 2.67 bits per heavy atom. The molecule has 2 aliphatic heterocycles. The highest BCUT2D eigenvalue weighted by molar-refractivity contribution is 5.82. The number of carbonyl (C=O) groups excluding carboxylic acids is 1. The summed E-state index contributed by atoms with van der Waals surface area (Å²) in [7, 11) is 4.22. The Hall–Kier alpha value is -1.59. The van der Waals surface area contributed by atoms with Crippen molar-refractivity contribution in [3.63, 3.8) is 0 Å². The topological polar surface area (TPSA) is 36.0 Å². The fourth-order valence-electron chi connectivity index (χ4n) is 4.21. The Morgan fingerprint density at radius 1 is 1.22 bits per heavy atom. The predicted octanol–water partition coefficient (Wildman–Crippen LogP) is 2.85. The summed E-state index contributed by atoms with van der Waals surface area (Å²) in [4.78, 5) is 19.8. The minimum Gasteiger partial charge on any atom is -0.492 e. The average Bonchev–Trinajstić information content (AvgIpc) is 2.98. The second-order valence-corrected chi connectivity index (χ2v) is 9.31. The number of rotatable bonds is 4. The summed E-state index contributed by atoms with van der Waals surface area (Å²) in [6.07, 6.45) is 2.20. The molecule has 0 aliphatic carbocycles. The Morgan fingerprint density at radius 2 is 1.96 bits per heavy atom. The number of carbonyl (C=O) groups is 1. The first-order valence-electron chi connectivity index (χ1n) is 10.2. The van der Waals surface area contributed by atoms with Crippen LogP contribution in [0.4, 0.5) is 0 Å². The van der Waals surface area contributed by atoms with E-state index in [0.29, 0.717) is 18.7 Å². The highest BCUT2D eigenvalue weighted by Crippen LogP contribution is 2.29. The molecule has 1 saturated heterocycles. The van der Waals surface area contributed by atoms with Crippen molar-refractivity contribution >= 4 is 5.91 Å². The number of hydrogen-bond acceptors (Lipinski definition) is 4. The van der Waals surface area contributed by atoms with E-state index >= 15 is 0 Å². The molecule has 1 aromatic rings. The van der Waals surface area contributed by atoms with Crippen LogP contribution in [0.25, 0.3) is 0 Å². The molecule has 5 heteroatoms. The van der Waals surface area contributed by atoms with Crippen LogP contribution in [0.3, 0.4) is 0 Å². The normalized spacial score (nSPS) is 23.9. The second kappa shape index (κ2) is 8.19. The molecule has 1 fully saturated rings. The van der Waals surface area contributed by atoms with Crippen molar-refractivity contribution in [3.05, 3.63) is 29.8 Å². The van der Waals surface area contributed by atoms with Crippen LogP contribution in [-0.2, 0) is 11.3 Å². The lowest BCUT2D eigenvalue weighted by Crippen LogP contribution is -2.51. The summed E-state index contributed by atoms with van der Waals surface area (Å²) in [6, 6.07) is 8.96. The van der Waals surface area contributed by atoms with Gasteiger partial charge in [-0.15, -0.1) is 0 Å². The second-order valence-electron chi connectivity index (χ2n) is 9.31. The van der Waals surface area contributed by atoms with Crippen LogP contribution < -0.4 is 4.74 Å². The standard InChI is InChI=1S/C22H35N3O2/c1-22(2,3)21(26)25-12-8-10-18(25)15-24-13-17-9-6-7-11-20(17)27-16-19(24)14-23(4)5/h6-7,9,11,18-19H,8,10,12-16H2,1-5H3. The van der Waals surface area contributed by atoms with Crippen LogP contribution >= 0.6 is 0 Å². The third-order valence-electron chi connectivity index (χ3n) is 5.59. The van der Waals surface area contributed by atoms with Crippen LogP contribution in [0.5, 0.6) is 5.75 Å². The van der Waals surface area contributed by atoms with Crippen molar-refractivity contribution in [1.29, 1.82) is 0 Å². The predicted molar refractivity (Wildman–Crippen MR) is 109 cm³/mol. The minimum absolute atomic E-state index is 0.278. The van der Waals surface area contributed by atoms with E-state index < -0.39 is 0 Å². The van der Waals surface area contributed by atoms with Gasteiger partial charge in [0.1, 0.15) is 12.4 Å². The van der Waals surface area contributed by atoms with E-state index in [1.165, 1.54) is 5.56 Å². The molecule has 3 rings (SSSR count). The van der Waals surface area contributed by atoms with E-state index in [4.69, 9.17) is 4.74 Å². The molecule has 0 radical (unpaired) electrons.